The van der Waals surface area contributed by atoms with E-state index in [0.717, 1.165) is 28.9 Å². The number of esters is 1. The van der Waals surface area contributed by atoms with E-state index in [1.807, 2.05) is 49.8 Å². The van der Waals surface area contributed by atoms with Crippen LogP contribution in [-0.4, -0.2) is 101 Å². The van der Waals surface area contributed by atoms with Gasteiger partial charge in [-0.25, -0.2) is 4.68 Å². The minimum Gasteiger partial charge on any atom is -0.481 e. The Morgan fingerprint density at radius 1 is 0.942 bits per heavy atom. The highest BCUT2D eigenvalue weighted by molar-refractivity contribution is 5.95. The summed E-state index contributed by atoms with van der Waals surface area (Å²) in [7, 11) is 0. The molecule has 1 aromatic heterocycles. The van der Waals surface area contributed by atoms with Gasteiger partial charge in [0.2, 0.25) is 5.78 Å². The zero-order valence-corrected chi connectivity index (χ0v) is 40.9. The lowest BCUT2D eigenvalue weighted by Gasteiger charge is -2.59. The van der Waals surface area contributed by atoms with Crippen LogP contribution in [0.4, 0.5) is 0 Å². The van der Waals surface area contributed by atoms with Crippen LogP contribution in [0.15, 0.2) is 65.4 Å². The lowest BCUT2D eigenvalue weighted by atomic mass is 9.43. The van der Waals surface area contributed by atoms with E-state index in [9.17, 15) is 54.3 Å². The maximum Gasteiger partial charge on any atom is 0.303 e. The highest BCUT2D eigenvalue weighted by atomic mass is 16.5. The van der Waals surface area contributed by atoms with Crippen molar-refractivity contribution >= 4 is 41.1 Å². The average molecular weight is 949 g/mol. The fraction of sp³-hybridized carbons (Fsp3) is 0.618. The van der Waals surface area contributed by atoms with Gasteiger partial charge in [0.05, 0.1) is 23.7 Å². The molecule has 69 heavy (non-hydrogen) atoms. The summed E-state index contributed by atoms with van der Waals surface area (Å²) in [5, 5.41) is 58.7. The first-order chi connectivity index (χ1) is 32.4. The molecule has 10 rings (SSSR count). The monoisotopic (exact) mass is 948 g/mol. The molecule has 5 fully saturated rings. The van der Waals surface area contributed by atoms with E-state index in [2.05, 4.69) is 38.1 Å². The van der Waals surface area contributed by atoms with Crippen molar-refractivity contribution in [1.29, 1.82) is 0 Å². The number of aliphatic hydroxyl groups is 4. The lowest BCUT2D eigenvalue weighted by Crippen LogP contribution is -2.62. The second kappa shape index (κ2) is 16.9. The Labute approximate surface area is 403 Å². The van der Waals surface area contributed by atoms with Crippen LogP contribution >= 0.6 is 0 Å². The largest absolute Gasteiger partial charge is 0.481 e. The summed E-state index contributed by atoms with van der Waals surface area (Å²) in [6, 6.07) is 10.1. The molecule has 14 heteroatoms. The summed E-state index contributed by atoms with van der Waals surface area (Å²) < 4.78 is 7.01. The molecule has 8 aliphatic rings. The first-order valence-electron chi connectivity index (χ1n) is 24.9. The van der Waals surface area contributed by atoms with E-state index in [4.69, 9.17) is 9.84 Å². The molecule has 5 saturated carbocycles. The van der Waals surface area contributed by atoms with Gasteiger partial charge in [0.1, 0.15) is 23.6 Å². The predicted molar refractivity (Wildman–Crippen MR) is 252 cm³/mol. The molecule has 1 heterocycles. The summed E-state index contributed by atoms with van der Waals surface area (Å²) in [4.78, 5) is 74.7. The number of carboxylic acid groups (broad SMARTS) is 1. The number of allylic oxidation sites excluding steroid dienone is 4. The number of fused-ring (bicyclic) bond motifs is 11. The molecule has 0 spiro atoms. The zero-order chi connectivity index (χ0) is 50.0. The van der Waals surface area contributed by atoms with Crippen LogP contribution in [0.1, 0.15) is 118 Å². The van der Waals surface area contributed by atoms with Crippen molar-refractivity contribution < 1.29 is 59.0 Å². The van der Waals surface area contributed by atoms with Crippen LogP contribution in [-0.2, 0) is 39.9 Å². The third-order valence-electron chi connectivity index (χ3n) is 19.9. The topological polar surface area (TPSA) is 231 Å². The van der Waals surface area contributed by atoms with Crippen LogP contribution in [0, 0.1) is 69.0 Å². The van der Waals surface area contributed by atoms with Crippen molar-refractivity contribution in [2.45, 2.75) is 130 Å². The van der Waals surface area contributed by atoms with Gasteiger partial charge in [0.25, 0.3) is 0 Å². The van der Waals surface area contributed by atoms with E-state index >= 15 is 0 Å². The molecule has 0 saturated heterocycles. The first kappa shape index (κ1) is 49.1. The Bertz CT molecular complexity index is 2610. The van der Waals surface area contributed by atoms with Crippen molar-refractivity contribution in [3.05, 3.63) is 76.7 Å². The number of aliphatic carboxylic acids is 1. The SMILES string of the molecule is CC(=O)OCC(=O)[C@@]1(O)[C@H](C)C[C@H]2[C@@H]3C=C(C)C4=Cc5c(cnn5-c5ccccc5)C[C@]4(C)[C@H]3[C@@H](O)C[C@@]21C.C[C@]12CC(=O)[C@H]3[C@@H](CCC4=CC(=O)CC(CC(=O)O)[C@@]43C)[C@@H]1CC[C@]2(O)C(=O)CO. The molecule has 0 amide bonds. The van der Waals surface area contributed by atoms with Crippen molar-refractivity contribution in [2.24, 2.45) is 69.0 Å². The molecule has 0 bridgehead atoms. The number of ketones is 4. The summed E-state index contributed by atoms with van der Waals surface area (Å²) >= 11 is 0. The van der Waals surface area contributed by atoms with Gasteiger partial charge in [0, 0.05) is 59.7 Å². The average Bonchev–Trinajstić information content (AvgIpc) is 3.88. The van der Waals surface area contributed by atoms with Crippen LogP contribution in [0.25, 0.3) is 11.8 Å². The maximum atomic E-state index is 13.6. The number of benzene rings is 1. The van der Waals surface area contributed by atoms with Crippen LogP contribution in [0.5, 0.6) is 0 Å². The van der Waals surface area contributed by atoms with Crippen LogP contribution in [0.2, 0.25) is 0 Å². The number of carbonyl (C=O) groups excluding carboxylic acids is 5. The Hall–Kier alpha value is -4.89. The molecular weight excluding hydrogens is 881 g/mol. The molecule has 0 radical (unpaired) electrons. The normalized spacial score (nSPS) is 41.4. The number of rotatable bonds is 8. The fourth-order valence-corrected chi connectivity index (χ4v) is 16.7. The summed E-state index contributed by atoms with van der Waals surface area (Å²) in [5.74, 6) is -4.15. The fourth-order valence-electron chi connectivity index (χ4n) is 16.7. The molecular formula is C55H68N2O12. The van der Waals surface area contributed by atoms with Gasteiger partial charge in [-0.2, -0.15) is 5.10 Å². The van der Waals surface area contributed by atoms with Crippen molar-refractivity contribution in [1.82, 2.24) is 9.78 Å². The number of carboxylic acids is 1. The second-order valence-electron chi connectivity index (χ2n) is 23.1. The van der Waals surface area contributed by atoms with E-state index in [1.165, 1.54) is 18.1 Å². The third kappa shape index (κ3) is 7.03. The van der Waals surface area contributed by atoms with E-state index in [0.29, 0.717) is 32.1 Å². The maximum absolute atomic E-state index is 13.6. The minimum atomic E-state index is -1.72. The van der Waals surface area contributed by atoms with E-state index < -0.39 is 82.1 Å². The Balaban J connectivity index is 0.000000178. The zero-order valence-electron chi connectivity index (χ0n) is 40.9. The Morgan fingerprint density at radius 2 is 1.65 bits per heavy atom. The van der Waals surface area contributed by atoms with Crippen LogP contribution < -0.4 is 0 Å². The molecule has 1 unspecified atom stereocenters. The standard InChI is InChI=1S/C32H38N2O5.C23H30O7/c1-18-11-23-25-12-19(2)32(38,28(37)17-39-20(3)35)31(25,5)15-27(36)29(23)30(4)14-21-16-33-34(26(21)13-24(18)30)22-9-7-6-8-10-22;1-21-10-17(26)20-15(16(21)5-6-23(21,30)18(27)11-24)4-3-12-7-14(25)8-13(9-19(28)29)22(12,20)2/h6-11,13,16,19,23,25,27,29,36,38H,12,14-15,17H2,1-5H3;7,13,15-16,20,24,30H,3-6,8-11H2,1-2H3,(H,28,29)/t19-,23+,25+,27+,29-,30+,31+,32+;13?,15-,16-,20+,21-,22+,23-/m10/s1. The number of aromatic nitrogens is 2. The number of Topliss-reactive ketones (excluding diaryl/α,β-unsaturated/α-hetero) is 3. The van der Waals surface area contributed by atoms with Gasteiger partial charge < -0.3 is 30.3 Å². The first-order valence-corrected chi connectivity index (χ1v) is 24.9. The molecule has 8 aliphatic carbocycles. The number of hydrogen-bond donors (Lipinski definition) is 5. The number of ether oxygens (including phenoxy) is 1. The molecule has 0 aliphatic heterocycles. The van der Waals surface area contributed by atoms with E-state index in [1.54, 1.807) is 13.0 Å². The van der Waals surface area contributed by atoms with E-state index in [-0.39, 0.29) is 78.2 Å². The number of hydrogen-bond acceptors (Lipinski definition) is 12. The van der Waals surface area contributed by atoms with Crippen LogP contribution in [0.3, 0.4) is 0 Å². The Kier molecular flexibility index (Phi) is 12.0. The smallest absolute Gasteiger partial charge is 0.303 e. The number of para-hydroxylation sites is 1. The molecule has 14 nitrogen and oxygen atoms in total. The highest BCUT2D eigenvalue weighted by Gasteiger charge is 2.72. The third-order valence-corrected chi connectivity index (χ3v) is 19.9. The molecule has 1 aromatic carbocycles. The van der Waals surface area contributed by atoms with Gasteiger partial charge >= 0.3 is 11.9 Å². The molecule has 2 aromatic rings. The molecule has 15 atom stereocenters. The quantitative estimate of drug-likeness (QED) is 0.192. The van der Waals surface area contributed by atoms with Crippen molar-refractivity contribution in [2.75, 3.05) is 13.2 Å². The second-order valence-corrected chi connectivity index (χ2v) is 23.1. The van der Waals surface area contributed by atoms with Gasteiger partial charge in [0.15, 0.2) is 18.2 Å². The minimum absolute atomic E-state index is 0.00428. The van der Waals surface area contributed by atoms with Gasteiger partial charge in [-0.1, -0.05) is 70.0 Å². The molecule has 5 N–H and O–H groups in total. The van der Waals surface area contributed by atoms with Gasteiger partial charge in [-0.05, 0) is 123 Å². The van der Waals surface area contributed by atoms with Crippen molar-refractivity contribution in [3.8, 4) is 5.69 Å². The highest BCUT2D eigenvalue weighted by Crippen LogP contribution is 2.70. The number of carbonyl (C=O) groups is 6. The lowest BCUT2D eigenvalue weighted by molar-refractivity contribution is -0.182. The summed E-state index contributed by atoms with van der Waals surface area (Å²) in [6.07, 6.45) is 11.2. The molecule has 370 valence electrons. The van der Waals surface area contributed by atoms with Gasteiger partial charge in [-0.3, -0.25) is 28.8 Å². The summed E-state index contributed by atoms with van der Waals surface area (Å²) in [5.41, 5.74) is 0.362. The Morgan fingerprint density at radius 3 is 2.32 bits per heavy atom. The summed E-state index contributed by atoms with van der Waals surface area (Å²) in [6.45, 7) is 12.1. The van der Waals surface area contributed by atoms with Crippen molar-refractivity contribution in [3.63, 3.8) is 0 Å². The predicted octanol–water partition coefficient (Wildman–Crippen LogP) is 5.99. The number of nitrogens with zero attached hydrogens (tertiary/aromatic N) is 2. The number of aliphatic hydroxyl groups excluding tert-OH is 2. The van der Waals surface area contributed by atoms with Gasteiger partial charge in [-0.15, -0.1) is 0 Å².